The molecule has 0 unspecified atom stereocenters. The largest absolute Gasteiger partial charge is 0.393 e. The normalized spacial score (nSPS) is 29.3. The number of nitrogens with zero attached hydrogens (tertiary/aromatic N) is 8. The maximum absolute atomic E-state index is 6.91. The van der Waals surface area contributed by atoms with Gasteiger partial charge in [-0.3, -0.25) is 0 Å². The van der Waals surface area contributed by atoms with Gasteiger partial charge in [0, 0.05) is 26.2 Å². The molecule has 0 radical (unpaired) electrons. The van der Waals surface area contributed by atoms with Crippen LogP contribution < -0.4 is 26.2 Å². The molecule has 11 nitrogen and oxygen atoms in total. The molecule has 1 aromatic heterocycles. The molecule has 6 aliphatic rings. The summed E-state index contributed by atoms with van der Waals surface area (Å²) in [4.78, 5) is 14.8. The van der Waals surface area contributed by atoms with Crippen LogP contribution in [0.1, 0.15) is 5.82 Å². The lowest BCUT2D eigenvalue weighted by Gasteiger charge is -2.53. The van der Waals surface area contributed by atoms with Crippen molar-refractivity contribution in [3.05, 3.63) is 5.82 Å². The molecule has 222 valence electrons. The molecule has 0 bridgehead atoms. The number of rotatable bonds is 2. The lowest BCUT2D eigenvalue weighted by molar-refractivity contribution is -1.03. The molecule has 40 heavy (non-hydrogen) atoms. The van der Waals surface area contributed by atoms with Crippen LogP contribution in [0.5, 0.6) is 0 Å². The molecule has 0 amide bonds. The standard InChI is InChI=1S/C29H55N11/c1-26-33-28(35-6-14-39(15-7-35)22-18-37(19-23-39)10-2-31-3-11-37)27(30)29(34-26)36-8-16-40(17-9-36)24-20-38(21-25-40)12-4-32-5-13-38/h31-32H,2-25,30H2,1H3/q+4. The van der Waals surface area contributed by atoms with Crippen LogP contribution in [-0.4, -0.2) is 185 Å². The van der Waals surface area contributed by atoms with Crippen molar-refractivity contribution in [3.8, 4) is 0 Å². The summed E-state index contributed by atoms with van der Waals surface area (Å²) in [7, 11) is 0. The lowest BCUT2D eigenvalue weighted by atomic mass is 10.1. The van der Waals surface area contributed by atoms with Gasteiger partial charge in [0.2, 0.25) is 0 Å². The van der Waals surface area contributed by atoms with Crippen LogP contribution in [-0.2, 0) is 0 Å². The number of hydrogen-bond acceptors (Lipinski definition) is 7. The monoisotopic (exact) mass is 557 g/mol. The van der Waals surface area contributed by atoms with Crippen molar-refractivity contribution in [3.63, 3.8) is 0 Å². The fourth-order valence-electron chi connectivity index (χ4n) is 8.91. The van der Waals surface area contributed by atoms with Gasteiger partial charge >= 0.3 is 0 Å². The summed E-state index contributed by atoms with van der Waals surface area (Å²) >= 11 is 0. The number of nitrogens with one attached hydrogen (secondary N) is 2. The summed E-state index contributed by atoms with van der Waals surface area (Å²) in [6.45, 7) is 31.9. The minimum Gasteiger partial charge on any atom is -0.393 e. The number of piperazine rings is 6. The van der Waals surface area contributed by atoms with Gasteiger partial charge in [0.25, 0.3) is 0 Å². The molecule has 4 N–H and O–H groups in total. The van der Waals surface area contributed by atoms with Crippen molar-refractivity contribution in [2.75, 3.05) is 173 Å². The first-order valence-electron chi connectivity index (χ1n) is 16.4. The second-order valence-electron chi connectivity index (χ2n) is 14.3. The summed E-state index contributed by atoms with van der Waals surface area (Å²) in [5.41, 5.74) is 7.71. The van der Waals surface area contributed by atoms with E-state index in [1.54, 1.807) is 0 Å². The first-order valence-corrected chi connectivity index (χ1v) is 16.4. The van der Waals surface area contributed by atoms with E-state index >= 15 is 0 Å². The molecule has 4 spiro atoms. The molecule has 7 heterocycles. The van der Waals surface area contributed by atoms with Crippen LogP contribution in [0.2, 0.25) is 0 Å². The summed E-state index contributed by atoms with van der Waals surface area (Å²) < 4.78 is 5.30. The molecule has 0 saturated carbocycles. The number of quaternary nitrogens is 4. The van der Waals surface area contributed by atoms with E-state index in [-0.39, 0.29) is 0 Å². The van der Waals surface area contributed by atoms with E-state index in [0.29, 0.717) is 0 Å². The first-order chi connectivity index (χ1) is 19.4. The molecule has 11 heteroatoms. The van der Waals surface area contributed by atoms with Gasteiger partial charge in [-0.1, -0.05) is 0 Å². The minimum atomic E-state index is 0.806. The summed E-state index contributed by atoms with van der Waals surface area (Å²) in [5, 5.41) is 7.11. The second-order valence-corrected chi connectivity index (χ2v) is 14.3. The third kappa shape index (κ3) is 5.07. The Kier molecular flexibility index (Phi) is 7.11. The van der Waals surface area contributed by atoms with E-state index in [2.05, 4.69) is 20.4 Å². The fourth-order valence-corrected chi connectivity index (χ4v) is 8.91. The van der Waals surface area contributed by atoms with E-state index in [1.807, 2.05) is 6.92 Å². The quantitative estimate of drug-likeness (QED) is 0.382. The molecule has 0 aromatic carbocycles. The van der Waals surface area contributed by atoms with Gasteiger partial charge in [-0.15, -0.1) is 0 Å². The predicted molar refractivity (Wildman–Crippen MR) is 160 cm³/mol. The maximum atomic E-state index is 6.91. The number of hydrogen-bond donors (Lipinski definition) is 3. The lowest BCUT2D eigenvalue weighted by Crippen LogP contribution is -2.73. The van der Waals surface area contributed by atoms with Gasteiger partial charge in [-0.05, 0) is 6.92 Å². The fraction of sp³-hybridized carbons (Fsp3) is 0.862. The molecule has 7 rings (SSSR count). The molecular weight excluding hydrogens is 502 g/mol. The molecule has 6 fully saturated rings. The van der Waals surface area contributed by atoms with Crippen molar-refractivity contribution >= 4 is 17.3 Å². The van der Waals surface area contributed by atoms with Crippen molar-refractivity contribution in [1.29, 1.82) is 0 Å². The van der Waals surface area contributed by atoms with Gasteiger partial charge in [-0.2, -0.15) is 0 Å². The Hall–Kier alpha value is -1.76. The predicted octanol–water partition coefficient (Wildman–Crippen LogP) is -1.49. The van der Waals surface area contributed by atoms with E-state index in [0.717, 1.165) is 49.3 Å². The number of aromatic nitrogens is 2. The van der Waals surface area contributed by atoms with Gasteiger partial charge in [-0.25, -0.2) is 9.97 Å². The van der Waals surface area contributed by atoms with E-state index in [9.17, 15) is 0 Å². The van der Waals surface area contributed by atoms with E-state index < -0.39 is 0 Å². The highest BCUT2D eigenvalue weighted by molar-refractivity contribution is 5.76. The number of anilines is 3. The third-order valence-corrected chi connectivity index (χ3v) is 12.2. The molecule has 6 aliphatic heterocycles. The van der Waals surface area contributed by atoms with Crippen molar-refractivity contribution in [2.24, 2.45) is 0 Å². The van der Waals surface area contributed by atoms with Gasteiger partial charge in [0.05, 0.1) is 78.5 Å². The van der Waals surface area contributed by atoms with Gasteiger partial charge in [0.1, 0.15) is 63.9 Å². The maximum Gasteiger partial charge on any atom is 0.158 e. The number of aryl methyl sites for hydroxylation is 1. The summed E-state index contributed by atoms with van der Waals surface area (Å²) in [6.07, 6.45) is 0. The SMILES string of the molecule is Cc1nc(N2CC[N+]3(CC2)CC[N+]2(CCNCC2)CC3)c(N)c(N2CC[N+]3(CC2)CC[N+]2(CCNCC2)CC3)n1. The van der Waals surface area contributed by atoms with Crippen LogP contribution in [0.4, 0.5) is 17.3 Å². The molecule has 1 aromatic rings. The van der Waals surface area contributed by atoms with Crippen LogP contribution >= 0.6 is 0 Å². The van der Waals surface area contributed by atoms with Crippen molar-refractivity contribution in [2.45, 2.75) is 6.92 Å². The molecule has 6 saturated heterocycles. The van der Waals surface area contributed by atoms with Crippen LogP contribution in [0.25, 0.3) is 0 Å². The Labute approximate surface area is 241 Å². The first kappa shape index (κ1) is 27.1. The molecule has 0 atom stereocenters. The zero-order valence-corrected chi connectivity index (χ0v) is 25.1. The van der Waals surface area contributed by atoms with E-state index in [1.165, 1.54) is 149 Å². The zero-order chi connectivity index (χ0) is 27.3. The highest BCUT2D eigenvalue weighted by atomic mass is 15.5. The number of nitrogen functional groups attached to an aromatic ring is 1. The van der Waals surface area contributed by atoms with Crippen LogP contribution in [0, 0.1) is 6.92 Å². The topological polar surface area (TPSA) is 82.3 Å². The highest BCUT2D eigenvalue weighted by Gasteiger charge is 2.46. The average Bonchev–Trinajstić information content (AvgIpc) is 3.00. The van der Waals surface area contributed by atoms with Crippen molar-refractivity contribution < 1.29 is 17.9 Å². The van der Waals surface area contributed by atoms with Gasteiger partial charge < -0.3 is 44.1 Å². The Morgan fingerprint density at radius 3 is 1.12 bits per heavy atom. The Balaban J connectivity index is 0.974. The Bertz CT molecular complexity index is 945. The zero-order valence-electron chi connectivity index (χ0n) is 25.1. The number of nitrogens with two attached hydrogens (primary N) is 1. The average molecular weight is 558 g/mol. The third-order valence-electron chi connectivity index (χ3n) is 12.2. The van der Waals surface area contributed by atoms with Crippen molar-refractivity contribution in [1.82, 2.24) is 20.6 Å². The minimum absolute atomic E-state index is 0.806. The smallest absolute Gasteiger partial charge is 0.158 e. The molecular formula is C29H55N11+4. The van der Waals surface area contributed by atoms with Crippen LogP contribution in [0.15, 0.2) is 0 Å². The highest BCUT2D eigenvalue weighted by Crippen LogP contribution is 2.34. The van der Waals surface area contributed by atoms with Crippen LogP contribution in [0.3, 0.4) is 0 Å². The second kappa shape index (κ2) is 10.5. The molecule has 0 aliphatic carbocycles. The van der Waals surface area contributed by atoms with Gasteiger partial charge in [0.15, 0.2) is 11.6 Å². The Morgan fingerprint density at radius 1 is 0.500 bits per heavy atom. The summed E-state index contributed by atoms with van der Waals surface area (Å²) in [5.74, 6) is 2.83. The Morgan fingerprint density at radius 2 is 0.800 bits per heavy atom. The van der Waals surface area contributed by atoms with E-state index in [4.69, 9.17) is 15.7 Å². The summed E-state index contributed by atoms with van der Waals surface area (Å²) in [6, 6.07) is 0.